The van der Waals surface area contributed by atoms with Crippen molar-refractivity contribution in [1.82, 2.24) is 14.7 Å². The lowest BCUT2D eigenvalue weighted by atomic mass is 9.98. The summed E-state index contributed by atoms with van der Waals surface area (Å²) in [4.78, 5) is 15.8. The van der Waals surface area contributed by atoms with Gasteiger partial charge in [0.1, 0.15) is 5.69 Å². The van der Waals surface area contributed by atoms with Crippen molar-refractivity contribution in [3.8, 4) is 16.3 Å². The van der Waals surface area contributed by atoms with E-state index in [0.29, 0.717) is 19.8 Å². The van der Waals surface area contributed by atoms with Crippen molar-refractivity contribution in [1.29, 1.82) is 0 Å². The van der Waals surface area contributed by atoms with Crippen LogP contribution in [-0.2, 0) is 16.1 Å². The average Bonchev–Trinajstić information content (AvgIpc) is 3.38. The highest BCUT2D eigenvalue weighted by Gasteiger charge is 2.25. The van der Waals surface area contributed by atoms with E-state index in [-0.39, 0.29) is 11.8 Å². The number of hydrogen-bond donors (Lipinski definition) is 0. The van der Waals surface area contributed by atoms with Gasteiger partial charge in [0.05, 0.1) is 10.6 Å². The third kappa shape index (κ3) is 3.96. The molecule has 4 rings (SSSR count). The van der Waals surface area contributed by atoms with Gasteiger partial charge in [-0.2, -0.15) is 5.10 Å². The van der Waals surface area contributed by atoms with Crippen LogP contribution in [-0.4, -0.2) is 40.8 Å². The fourth-order valence-electron chi connectivity index (χ4n) is 3.45. The minimum absolute atomic E-state index is 0.0677. The van der Waals surface area contributed by atoms with Crippen LogP contribution in [0.5, 0.6) is 0 Å². The quantitative estimate of drug-likeness (QED) is 0.671. The Labute approximate surface area is 163 Å². The van der Waals surface area contributed by atoms with Gasteiger partial charge in [0.2, 0.25) is 5.91 Å². The second-order valence-corrected chi connectivity index (χ2v) is 7.79. The summed E-state index contributed by atoms with van der Waals surface area (Å²) in [5.41, 5.74) is 3.02. The SMILES string of the molecule is CN(Cc1cn(-c2ccccc2)nc1-c1cccs1)C(=O)C1CCOCC1. The van der Waals surface area contributed by atoms with E-state index in [1.54, 1.807) is 11.3 Å². The Balaban J connectivity index is 1.60. The van der Waals surface area contributed by atoms with Gasteiger partial charge in [-0.05, 0) is 36.4 Å². The monoisotopic (exact) mass is 381 g/mol. The van der Waals surface area contributed by atoms with Crippen LogP contribution in [0.3, 0.4) is 0 Å². The summed E-state index contributed by atoms with van der Waals surface area (Å²) in [6.45, 7) is 1.91. The highest BCUT2D eigenvalue weighted by molar-refractivity contribution is 7.13. The lowest BCUT2D eigenvalue weighted by molar-refractivity contribution is -0.137. The lowest BCUT2D eigenvalue weighted by Gasteiger charge is -2.26. The predicted molar refractivity (Wildman–Crippen MR) is 107 cm³/mol. The zero-order chi connectivity index (χ0) is 18.6. The molecule has 0 radical (unpaired) electrons. The molecule has 0 unspecified atom stereocenters. The van der Waals surface area contributed by atoms with Crippen LogP contribution in [0.2, 0.25) is 0 Å². The van der Waals surface area contributed by atoms with Gasteiger partial charge in [0.25, 0.3) is 0 Å². The van der Waals surface area contributed by atoms with E-state index in [1.165, 1.54) is 0 Å². The molecule has 5 nitrogen and oxygen atoms in total. The number of nitrogens with zero attached hydrogens (tertiary/aromatic N) is 3. The van der Waals surface area contributed by atoms with Crippen LogP contribution in [0.1, 0.15) is 18.4 Å². The van der Waals surface area contributed by atoms with E-state index in [1.807, 2.05) is 59.2 Å². The van der Waals surface area contributed by atoms with Gasteiger partial charge in [-0.3, -0.25) is 4.79 Å². The second kappa shape index (κ2) is 8.06. The van der Waals surface area contributed by atoms with Gasteiger partial charge in [0.15, 0.2) is 0 Å². The minimum atomic E-state index is 0.0677. The maximum absolute atomic E-state index is 12.8. The number of ether oxygens (including phenoxy) is 1. The molecular formula is C21H23N3O2S. The van der Waals surface area contributed by atoms with Crippen LogP contribution in [0.15, 0.2) is 54.0 Å². The molecular weight excluding hydrogens is 358 g/mol. The van der Waals surface area contributed by atoms with Crippen LogP contribution in [0.25, 0.3) is 16.3 Å². The highest BCUT2D eigenvalue weighted by Crippen LogP contribution is 2.29. The second-order valence-electron chi connectivity index (χ2n) is 6.84. The minimum Gasteiger partial charge on any atom is -0.381 e. The number of carbonyl (C=O) groups excluding carboxylic acids is 1. The third-order valence-electron chi connectivity index (χ3n) is 4.92. The average molecular weight is 382 g/mol. The van der Waals surface area contributed by atoms with Crippen molar-refractivity contribution in [2.75, 3.05) is 20.3 Å². The molecule has 0 aliphatic carbocycles. The molecule has 1 aliphatic rings. The number of aromatic nitrogens is 2. The van der Waals surface area contributed by atoms with Gasteiger partial charge in [0, 0.05) is 44.5 Å². The summed E-state index contributed by atoms with van der Waals surface area (Å²) in [7, 11) is 1.88. The normalized spacial score (nSPS) is 15.0. The molecule has 0 bridgehead atoms. The Morgan fingerprint density at radius 1 is 1.22 bits per heavy atom. The molecule has 1 aliphatic heterocycles. The molecule has 3 aromatic rings. The molecule has 3 heterocycles. The first-order valence-corrected chi connectivity index (χ1v) is 10.1. The van der Waals surface area contributed by atoms with Crippen molar-refractivity contribution in [2.45, 2.75) is 19.4 Å². The smallest absolute Gasteiger partial charge is 0.225 e. The summed E-state index contributed by atoms with van der Waals surface area (Å²) >= 11 is 1.67. The Hall–Kier alpha value is -2.44. The Morgan fingerprint density at radius 2 is 2.00 bits per heavy atom. The topological polar surface area (TPSA) is 47.4 Å². The molecule has 0 atom stereocenters. The molecule has 1 aromatic carbocycles. The van der Waals surface area contributed by atoms with Crippen LogP contribution in [0.4, 0.5) is 0 Å². The summed E-state index contributed by atoms with van der Waals surface area (Å²) in [5.74, 6) is 0.265. The van der Waals surface area contributed by atoms with Crippen LogP contribution < -0.4 is 0 Å². The zero-order valence-electron chi connectivity index (χ0n) is 15.4. The molecule has 140 valence electrons. The van der Waals surface area contributed by atoms with Gasteiger partial charge in [-0.25, -0.2) is 4.68 Å². The largest absolute Gasteiger partial charge is 0.381 e. The fourth-order valence-corrected chi connectivity index (χ4v) is 4.19. The van der Waals surface area contributed by atoms with Crippen molar-refractivity contribution < 1.29 is 9.53 Å². The Morgan fingerprint density at radius 3 is 2.70 bits per heavy atom. The third-order valence-corrected chi connectivity index (χ3v) is 5.80. The first-order valence-electron chi connectivity index (χ1n) is 9.23. The molecule has 1 saturated heterocycles. The van der Waals surface area contributed by atoms with Crippen LogP contribution >= 0.6 is 11.3 Å². The summed E-state index contributed by atoms with van der Waals surface area (Å²) < 4.78 is 7.29. The standard InChI is InChI=1S/C21H23N3O2S/c1-23(21(25)16-9-11-26-12-10-16)14-17-15-24(18-6-3-2-4-7-18)22-20(17)19-8-5-13-27-19/h2-8,13,15-16H,9-12,14H2,1H3. The van der Waals surface area contributed by atoms with Gasteiger partial charge < -0.3 is 9.64 Å². The molecule has 0 saturated carbocycles. The van der Waals surface area contributed by atoms with E-state index < -0.39 is 0 Å². The van der Waals surface area contributed by atoms with E-state index in [9.17, 15) is 4.79 Å². The number of hydrogen-bond acceptors (Lipinski definition) is 4. The number of carbonyl (C=O) groups is 1. The maximum Gasteiger partial charge on any atom is 0.225 e. The van der Waals surface area contributed by atoms with Crippen molar-refractivity contribution in [3.63, 3.8) is 0 Å². The molecule has 1 fully saturated rings. The van der Waals surface area contributed by atoms with E-state index in [4.69, 9.17) is 9.84 Å². The molecule has 27 heavy (non-hydrogen) atoms. The van der Waals surface area contributed by atoms with Gasteiger partial charge >= 0.3 is 0 Å². The molecule has 6 heteroatoms. The number of rotatable bonds is 5. The summed E-state index contributed by atoms with van der Waals surface area (Å²) in [6, 6.07) is 14.2. The maximum atomic E-state index is 12.8. The fraction of sp³-hybridized carbons (Fsp3) is 0.333. The van der Waals surface area contributed by atoms with Gasteiger partial charge in [-0.15, -0.1) is 11.3 Å². The number of benzene rings is 1. The Bertz CT molecular complexity index is 884. The zero-order valence-corrected chi connectivity index (χ0v) is 16.2. The molecule has 1 amide bonds. The molecule has 2 aromatic heterocycles. The van der Waals surface area contributed by atoms with Crippen LogP contribution in [0, 0.1) is 5.92 Å². The van der Waals surface area contributed by atoms with E-state index in [0.717, 1.165) is 34.7 Å². The number of amides is 1. The predicted octanol–water partition coefficient (Wildman–Crippen LogP) is 3.99. The summed E-state index contributed by atoms with van der Waals surface area (Å²) in [5, 5.41) is 6.87. The highest BCUT2D eigenvalue weighted by atomic mass is 32.1. The van der Waals surface area contributed by atoms with E-state index >= 15 is 0 Å². The first kappa shape index (κ1) is 17.9. The summed E-state index contributed by atoms with van der Waals surface area (Å²) in [6.07, 6.45) is 3.66. The van der Waals surface area contributed by atoms with Crippen molar-refractivity contribution in [2.24, 2.45) is 5.92 Å². The lowest BCUT2D eigenvalue weighted by Crippen LogP contribution is -2.35. The number of para-hydroxylation sites is 1. The molecule has 0 N–H and O–H groups in total. The Kier molecular flexibility index (Phi) is 5.36. The number of thiophene rings is 1. The van der Waals surface area contributed by atoms with E-state index in [2.05, 4.69) is 11.4 Å². The van der Waals surface area contributed by atoms with Crippen molar-refractivity contribution in [3.05, 3.63) is 59.6 Å². The van der Waals surface area contributed by atoms with Gasteiger partial charge in [-0.1, -0.05) is 24.3 Å². The first-order chi connectivity index (χ1) is 13.2. The molecule has 0 spiro atoms. The van der Waals surface area contributed by atoms with Crippen molar-refractivity contribution >= 4 is 17.2 Å².